The first-order chi connectivity index (χ1) is 18.5. The molecule has 2 saturated heterocycles. The number of benzene rings is 2. The summed E-state index contributed by atoms with van der Waals surface area (Å²) in [6.07, 6.45) is 8.13. The highest BCUT2D eigenvalue weighted by Crippen LogP contribution is 2.39. The predicted molar refractivity (Wildman–Crippen MR) is 149 cm³/mol. The van der Waals surface area contributed by atoms with E-state index in [0.29, 0.717) is 50.6 Å². The molecule has 3 aliphatic rings. The summed E-state index contributed by atoms with van der Waals surface area (Å²) >= 11 is 0. The molecule has 0 radical (unpaired) electrons. The Hall–Kier alpha value is -3.35. The fourth-order valence-electron chi connectivity index (χ4n) is 6.35. The van der Waals surface area contributed by atoms with E-state index in [4.69, 9.17) is 0 Å². The molecule has 7 nitrogen and oxygen atoms in total. The highest BCUT2D eigenvalue weighted by atomic mass is 16.2. The van der Waals surface area contributed by atoms with Crippen molar-refractivity contribution >= 4 is 23.4 Å². The largest absolute Gasteiger partial charge is 0.354 e. The number of carbonyl (C=O) groups is 3. The third-order valence-corrected chi connectivity index (χ3v) is 8.72. The monoisotopic (exact) mass is 516 g/mol. The van der Waals surface area contributed by atoms with E-state index in [2.05, 4.69) is 17.1 Å². The van der Waals surface area contributed by atoms with Gasteiger partial charge in [-0.3, -0.25) is 14.4 Å². The first kappa shape index (κ1) is 26.3. The van der Waals surface area contributed by atoms with Gasteiger partial charge in [-0.1, -0.05) is 56.5 Å². The molecule has 2 heterocycles. The molecular weight excluding hydrogens is 476 g/mol. The van der Waals surface area contributed by atoms with Crippen LogP contribution in [0.2, 0.25) is 0 Å². The van der Waals surface area contributed by atoms with Crippen LogP contribution in [-0.2, 0) is 16.0 Å². The number of anilines is 1. The van der Waals surface area contributed by atoms with Crippen LogP contribution in [0.3, 0.4) is 0 Å². The lowest BCUT2D eigenvalue weighted by Gasteiger charge is -2.43. The maximum Gasteiger partial charge on any atom is 0.253 e. The minimum absolute atomic E-state index is 0.00596. The van der Waals surface area contributed by atoms with Gasteiger partial charge in [0.15, 0.2) is 0 Å². The first-order valence-electron chi connectivity index (χ1n) is 14.3. The van der Waals surface area contributed by atoms with E-state index in [-0.39, 0.29) is 24.3 Å². The van der Waals surface area contributed by atoms with Gasteiger partial charge in [-0.05, 0) is 67.9 Å². The Morgan fingerprint density at radius 1 is 0.947 bits per heavy atom. The highest BCUT2D eigenvalue weighted by molar-refractivity contribution is 5.97. The van der Waals surface area contributed by atoms with Gasteiger partial charge in [-0.15, -0.1) is 0 Å². The van der Waals surface area contributed by atoms with E-state index in [1.165, 1.54) is 37.7 Å². The molecular formula is C31H40N4O3. The van der Waals surface area contributed by atoms with Crippen molar-refractivity contribution in [3.8, 4) is 0 Å². The molecule has 38 heavy (non-hydrogen) atoms. The van der Waals surface area contributed by atoms with Crippen LogP contribution in [0, 0.1) is 5.92 Å². The number of likely N-dealkylation sites (tertiary alicyclic amines) is 1. The topological polar surface area (TPSA) is 73.0 Å². The van der Waals surface area contributed by atoms with Crippen molar-refractivity contribution in [3.05, 3.63) is 65.7 Å². The van der Waals surface area contributed by atoms with E-state index < -0.39 is 5.54 Å². The van der Waals surface area contributed by atoms with Crippen LogP contribution in [-0.4, -0.2) is 65.9 Å². The van der Waals surface area contributed by atoms with Gasteiger partial charge < -0.3 is 20.0 Å². The fraction of sp³-hybridized carbons (Fsp3) is 0.516. The quantitative estimate of drug-likeness (QED) is 0.598. The zero-order valence-corrected chi connectivity index (χ0v) is 22.5. The zero-order chi connectivity index (χ0) is 26.5. The van der Waals surface area contributed by atoms with Crippen LogP contribution in [0.4, 0.5) is 5.69 Å². The molecule has 1 aliphatic carbocycles. The lowest BCUT2D eigenvalue weighted by Crippen LogP contribution is -2.57. The Balaban J connectivity index is 1.27. The molecule has 2 aliphatic heterocycles. The van der Waals surface area contributed by atoms with Gasteiger partial charge in [0.25, 0.3) is 11.8 Å². The maximum absolute atomic E-state index is 13.9. The van der Waals surface area contributed by atoms with Gasteiger partial charge in [-0.2, -0.15) is 0 Å². The third-order valence-electron chi connectivity index (χ3n) is 8.72. The van der Waals surface area contributed by atoms with Crippen molar-refractivity contribution in [2.45, 2.75) is 63.8 Å². The average Bonchev–Trinajstić information content (AvgIpc) is 3.23. The molecule has 202 valence electrons. The number of rotatable bonds is 7. The van der Waals surface area contributed by atoms with Crippen molar-refractivity contribution in [2.24, 2.45) is 5.92 Å². The molecule has 2 aromatic rings. The summed E-state index contributed by atoms with van der Waals surface area (Å²) in [5.74, 6) is 0.470. The van der Waals surface area contributed by atoms with Crippen LogP contribution in [0.25, 0.3) is 0 Å². The van der Waals surface area contributed by atoms with E-state index in [0.717, 1.165) is 12.1 Å². The number of aryl methyl sites for hydroxylation is 1. The Bertz CT molecular complexity index is 1120. The second-order valence-electron chi connectivity index (χ2n) is 11.1. The summed E-state index contributed by atoms with van der Waals surface area (Å²) in [7, 11) is 0. The van der Waals surface area contributed by atoms with Crippen LogP contribution in [0.1, 0.15) is 67.8 Å². The van der Waals surface area contributed by atoms with Gasteiger partial charge in [0.1, 0.15) is 12.1 Å². The highest BCUT2D eigenvalue weighted by Gasteiger charge is 2.54. The maximum atomic E-state index is 13.9. The minimum atomic E-state index is -0.742. The molecule has 0 atom stereocenters. The van der Waals surface area contributed by atoms with Crippen LogP contribution < -0.4 is 10.2 Å². The average molecular weight is 517 g/mol. The number of amides is 3. The molecule has 0 aromatic heterocycles. The van der Waals surface area contributed by atoms with E-state index in [1.807, 2.05) is 59.5 Å². The van der Waals surface area contributed by atoms with E-state index in [9.17, 15) is 14.4 Å². The number of hydrogen-bond donors (Lipinski definition) is 1. The molecule has 0 unspecified atom stereocenters. The van der Waals surface area contributed by atoms with Gasteiger partial charge in [0, 0.05) is 30.9 Å². The molecule has 7 heteroatoms. The molecule has 0 bridgehead atoms. The minimum Gasteiger partial charge on any atom is -0.354 e. The van der Waals surface area contributed by atoms with Crippen molar-refractivity contribution in [1.29, 1.82) is 0 Å². The van der Waals surface area contributed by atoms with Gasteiger partial charge in [-0.25, -0.2) is 0 Å². The number of nitrogens with zero attached hydrogens (tertiary/aromatic N) is 3. The zero-order valence-electron chi connectivity index (χ0n) is 22.5. The second kappa shape index (κ2) is 11.6. The van der Waals surface area contributed by atoms with Crippen LogP contribution >= 0.6 is 0 Å². The van der Waals surface area contributed by atoms with Gasteiger partial charge in [0.2, 0.25) is 5.91 Å². The van der Waals surface area contributed by atoms with Crippen molar-refractivity contribution in [3.63, 3.8) is 0 Å². The lowest BCUT2D eigenvalue weighted by atomic mass is 9.85. The Morgan fingerprint density at radius 2 is 1.63 bits per heavy atom. The summed E-state index contributed by atoms with van der Waals surface area (Å²) in [6, 6.07) is 17.8. The SMILES string of the molecule is CCc1ccc(C(=O)N2CCC3(CC2)C(=O)N(CC(=O)NCC2CCCCC2)CN3c2ccccc2)cc1. The molecule has 1 spiro atoms. The molecule has 2 aromatic carbocycles. The Morgan fingerprint density at radius 3 is 2.29 bits per heavy atom. The molecule has 3 fully saturated rings. The summed E-state index contributed by atoms with van der Waals surface area (Å²) in [5, 5.41) is 3.09. The Labute approximate surface area is 226 Å². The van der Waals surface area contributed by atoms with E-state index >= 15 is 0 Å². The van der Waals surface area contributed by atoms with E-state index in [1.54, 1.807) is 4.90 Å². The molecule has 3 amide bonds. The van der Waals surface area contributed by atoms with Crippen LogP contribution in [0.15, 0.2) is 54.6 Å². The summed E-state index contributed by atoms with van der Waals surface area (Å²) in [4.78, 5) is 45.7. The molecule has 1 N–H and O–H groups in total. The molecule has 1 saturated carbocycles. The number of hydrogen-bond acceptors (Lipinski definition) is 4. The first-order valence-corrected chi connectivity index (χ1v) is 14.3. The third kappa shape index (κ3) is 5.42. The summed E-state index contributed by atoms with van der Waals surface area (Å²) < 4.78 is 0. The fourth-order valence-corrected chi connectivity index (χ4v) is 6.35. The predicted octanol–water partition coefficient (Wildman–Crippen LogP) is 4.23. The smallest absolute Gasteiger partial charge is 0.253 e. The number of piperidine rings is 1. The normalized spacial score (nSPS) is 19.7. The van der Waals surface area contributed by atoms with Crippen LogP contribution in [0.5, 0.6) is 0 Å². The van der Waals surface area contributed by atoms with Crippen molar-refractivity contribution in [1.82, 2.24) is 15.1 Å². The van der Waals surface area contributed by atoms with Gasteiger partial charge in [0.05, 0.1) is 6.67 Å². The Kier molecular flexibility index (Phi) is 8.01. The lowest BCUT2D eigenvalue weighted by molar-refractivity contribution is -0.137. The summed E-state index contributed by atoms with van der Waals surface area (Å²) in [6.45, 7) is 4.26. The number of carbonyl (C=O) groups excluding carboxylic acids is 3. The van der Waals surface area contributed by atoms with Crippen molar-refractivity contribution < 1.29 is 14.4 Å². The van der Waals surface area contributed by atoms with Crippen molar-refractivity contribution in [2.75, 3.05) is 37.7 Å². The standard InChI is InChI=1S/C31H40N4O3/c1-2-24-13-15-26(16-14-24)29(37)33-19-17-31(18-20-33)30(38)34(23-35(31)27-11-7-4-8-12-27)22-28(36)32-21-25-9-5-3-6-10-25/h4,7-8,11-16,25H,2-3,5-6,9-10,17-23H2,1H3,(H,32,36). The second-order valence-corrected chi connectivity index (χ2v) is 11.1. The number of nitrogens with one attached hydrogen (secondary N) is 1. The summed E-state index contributed by atoms with van der Waals surface area (Å²) in [5.41, 5.74) is 2.12. The van der Waals surface area contributed by atoms with Gasteiger partial charge >= 0.3 is 0 Å². The number of para-hydroxylation sites is 1. The molecule has 5 rings (SSSR count).